The molecule has 0 aliphatic rings. The van der Waals surface area contributed by atoms with E-state index in [1.807, 2.05) is 37.3 Å². The van der Waals surface area contributed by atoms with Crippen molar-refractivity contribution in [2.75, 3.05) is 0 Å². The topological polar surface area (TPSA) is 66.4 Å². The van der Waals surface area contributed by atoms with Crippen molar-refractivity contribution in [3.05, 3.63) is 57.8 Å². The molecule has 0 saturated heterocycles. The van der Waals surface area contributed by atoms with E-state index in [0.29, 0.717) is 4.88 Å². The molecule has 0 saturated carbocycles. The molecule has 1 aromatic carbocycles. The third-order valence-corrected chi connectivity index (χ3v) is 3.76. The van der Waals surface area contributed by atoms with Crippen LogP contribution >= 0.6 is 11.3 Å². The summed E-state index contributed by atoms with van der Waals surface area (Å²) < 4.78 is 0. The van der Waals surface area contributed by atoms with Gasteiger partial charge in [-0.25, -0.2) is 4.79 Å². The van der Waals surface area contributed by atoms with Gasteiger partial charge in [0.05, 0.1) is 10.9 Å². The minimum Gasteiger partial charge on any atom is -0.477 e. The summed E-state index contributed by atoms with van der Waals surface area (Å²) in [6.45, 7) is 1.89. The molecule has 1 aromatic heterocycles. The van der Waals surface area contributed by atoms with Gasteiger partial charge in [-0.3, -0.25) is 4.79 Å². The van der Waals surface area contributed by atoms with Gasteiger partial charge in [0, 0.05) is 0 Å². The lowest BCUT2D eigenvalue weighted by molar-refractivity contribution is 0.0702. The van der Waals surface area contributed by atoms with Crippen molar-refractivity contribution in [1.82, 2.24) is 5.32 Å². The molecule has 1 amide bonds. The number of thiophene rings is 1. The second-order valence-corrected chi connectivity index (χ2v) is 5.16. The fourth-order valence-corrected chi connectivity index (χ4v) is 2.42. The predicted molar refractivity (Wildman–Crippen MR) is 73.6 cm³/mol. The Hall–Kier alpha value is -2.14. The van der Waals surface area contributed by atoms with Crippen molar-refractivity contribution in [3.8, 4) is 0 Å². The third kappa shape index (κ3) is 3.20. The number of carboxylic acids is 1. The number of hydrogen-bond acceptors (Lipinski definition) is 3. The van der Waals surface area contributed by atoms with E-state index in [-0.39, 0.29) is 16.8 Å². The highest BCUT2D eigenvalue weighted by molar-refractivity contribution is 7.15. The van der Waals surface area contributed by atoms with Crippen molar-refractivity contribution in [2.45, 2.75) is 13.0 Å². The van der Waals surface area contributed by atoms with E-state index in [0.717, 1.165) is 16.9 Å². The molecule has 1 heterocycles. The van der Waals surface area contributed by atoms with Crippen LogP contribution in [0.5, 0.6) is 0 Å². The molecule has 0 aliphatic carbocycles. The Bertz CT molecular complexity index is 592. The fraction of sp³-hybridized carbons (Fsp3) is 0.143. The number of rotatable bonds is 4. The van der Waals surface area contributed by atoms with E-state index in [9.17, 15) is 9.59 Å². The van der Waals surface area contributed by atoms with E-state index < -0.39 is 5.97 Å². The van der Waals surface area contributed by atoms with E-state index in [4.69, 9.17) is 5.11 Å². The molecule has 0 radical (unpaired) electrons. The van der Waals surface area contributed by atoms with Crippen molar-refractivity contribution in [3.63, 3.8) is 0 Å². The summed E-state index contributed by atoms with van der Waals surface area (Å²) in [4.78, 5) is 23.3. The first-order chi connectivity index (χ1) is 9.08. The molecule has 1 unspecified atom stereocenters. The Balaban J connectivity index is 2.06. The smallest absolute Gasteiger partial charge is 0.345 e. The SMILES string of the molecule is CC(NC(=O)c1ccc(C(=O)O)s1)c1ccccc1. The third-order valence-electron chi connectivity index (χ3n) is 2.69. The van der Waals surface area contributed by atoms with Gasteiger partial charge in [-0.2, -0.15) is 0 Å². The van der Waals surface area contributed by atoms with Crippen LogP contribution in [0.2, 0.25) is 0 Å². The number of nitrogens with one attached hydrogen (secondary N) is 1. The summed E-state index contributed by atoms with van der Waals surface area (Å²) in [7, 11) is 0. The lowest BCUT2D eigenvalue weighted by Crippen LogP contribution is -2.25. The van der Waals surface area contributed by atoms with Crippen LogP contribution in [-0.4, -0.2) is 17.0 Å². The van der Waals surface area contributed by atoms with Crippen LogP contribution in [0, 0.1) is 0 Å². The van der Waals surface area contributed by atoms with Gasteiger partial charge >= 0.3 is 5.97 Å². The zero-order valence-electron chi connectivity index (χ0n) is 10.3. The second-order valence-electron chi connectivity index (χ2n) is 4.07. The van der Waals surface area contributed by atoms with Crippen LogP contribution in [0.15, 0.2) is 42.5 Å². The molecule has 0 spiro atoms. The molecule has 1 atom stereocenters. The number of carboxylic acid groups (broad SMARTS) is 1. The van der Waals surface area contributed by atoms with Gasteiger partial charge in [-0.1, -0.05) is 30.3 Å². The number of hydrogen-bond donors (Lipinski definition) is 2. The summed E-state index contributed by atoms with van der Waals surface area (Å²) in [6, 6.07) is 12.4. The number of benzene rings is 1. The van der Waals surface area contributed by atoms with Crippen LogP contribution in [-0.2, 0) is 0 Å². The van der Waals surface area contributed by atoms with Crippen molar-refractivity contribution in [2.24, 2.45) is 0 Å². The summed E-state index contributed by atoms with van der Waals surface area (Å²) >= 11 is 0.975. The van der Waals surface area contributed by atoms with Crippen LogP contribution in [0.3, 0.4) is 0 Å². The largest absolute Gasteiger partial charge is 0.477 e. The predicted octanol–water partition coefficient (Wildman–Crippen LogP) is 2.94. The maximum atomic E-state index is 12.0. The van der Waals surface area contributed by atoms with Gasteiger partial charge in [0.2, 0.25) is 0 Å². The Morgan fingerprint density at radius 3 is 2.32 bits per heavy atom. The molecule has 2 rings (SSSR count). The van der Waals surface area contributed by atoms with Crippen LogP contribution < -0.4 is 5.32 Å². The molecule has 98 valence electrons. The normalized spacial score (nSPS) is 11.8. The molecule has 0 bridgehead atoms. The number of carbonyl (C=O) groups excluding carboxylic acids is 1. The molecule has 0 aliphatic heterocycles. The number of carbonyl (C=O) groups is 2. The first-order valence-corrected chi connectivity index (χ1v) is 6.58. The maximum absolute atomic E-state index is 12.0. The van der Waals surface area contributed by atoms with Crippen molar-refractivity contribution >= 4 is 23.2 Å². The van der Waals surface area contributed by atoms with Gasteiger partial charge in [-0.15, -0.1) is 11.3 Å². The Labute approximate surface area is 114 Å². The summed E-state index contributed by atoms with van der Waals surface area (Å²) in [6.07, 6.45) is 0. The van der Waals surface area contributed by atoms with Crippen molar-refractivity contribution < 1.29 is 14.7 Å². The molecule has 2 N–H and O–H groups in total. The molecular formula is C14H13NO3S. The maximum Gasteiger partial charge on any atom is 0.345 e. The summed E-state index contributed by atoms with van der Waals surface area (Å²) in [5.41, 5.74) is 1.01. The fourth-order valence-electron chi connectivity index (χ4n) is 1.67. The summed E-state index contributed by atoms with van der Waals surface area (Å²) in [5, 5.41) is 11.7. The molecule has 19 heavy (non-hydrogen) atoms. The van der Waals surface area contributed by atoms with E-state index in [2.05, 4.69) is 5.32 Å². The average Bonchev–Trinajstić information content (AvgIpc) is 2.89. The Morgan fingerprint density at radius 1 is 1.11 bits per heavy atom. The zero-order valence-corrected chi connectivity index (χ0v) is 11.1. The van der Waals surface area contributed by atoms with Crippen LogP contribution in [0.25, 0.3) is 0 Å². The average molecular weight is 275 g/mol. The first kappa shape index (κ1) is 13.3. The zero-order chi connectivity index (χ0) is 13.8. The lowest BCUT2D eigenvalue weighted by atomic mass is 10.1. The van der Waals surface area contributed by atoms with E-state index >= 15 is 0 Å². The van der Waals surface area contributed by atoms with Gasteiger partial charge in [-0.05, 0) is 24.6 Å². The lowest BCUT2D eigenvalue weighted by Gasteiger charge is -2.13. The monoisotopic (exact) mass is 275 g/mol. The molecule has 4 nitrogen and oxygen atoms in total. The Kier molecular flexibility index (Phi) is 3.97. The minimum atomic E-state index is -1.01. The molecule has 5 heteroatoms. The van der Waals surface area contributed by atoms with E-state index in [1.54, 1.807) is 0 Å². The number of aromatic carboxylic acids is 1. The second kappa shape index (κ2) is 5.67. The quantitative estimate of drug-likeness (QED) is 0.901. The van der Waals surface area contributed by atoms with Crippen molar-refractivity contribution in [1.29, 1.82) is 0 Å². The number of amides is 1. The highest BCUT2D eigenvalue weighted by Crippen LogP contribution is 2.18. The molecule has 0 fully saturated rings. The van der Waals surface area contributed by atoms with Gasteiger partial charge in [0.15, 0.2) is 0 Å². The standard InChI is InChI=1S/C14H13NO3S/c1-9(10-5-3-2-4-6-10)15-13(16)11-7-8-12(19-11)14(17)18/h2-9H,1H3,(H,15,16)(H,17,18). The highest BCUT2D eigenvalue weighted by atomic mass is 32.1. The Morgan fingerprint density at radius 2 is 1.74 bits per heavy atom. The van der Waals surface area contributed by atoms with Crippen LogP contribution in [0.4, 0.5) is 0 Å². The van der Waals surface area contributed by atoms with Crippen LogP contribution in [0.1, 0.15) is 37.9 Å². The molecular weight excluding hydrogens is 262 g/mol. The highest BCUT2D eigenvalue weighted by Gasteiger charge is 2.15. The molecule has 2 aromatic rings. The van der Waals surface area contributed by atoms with Gasteiger partial charge in [0.25, 0.3) is 5.91 Å². The van der Waals surface area contributed by atoms with E-state index in [1.165, 1.54) is 12.1 Å². The summed E-state index contributed by atoms with van der Waals surface area (Å²) in [5.74, 6) is -1.27. The van der Waals surface area contributed by atoms with Gasteiger partial charge in [0.1, 0.15) is 4.88 Å². The first-order valence-electron chi connectivity index (χ1n) is 5.77. The van der Waals surface area contributed by atoms with Gasteiger partial charge < -0.3 is 10.4 Å². The minimum absolute atomic E-state index is 0.121.